The van der Waals surface area contributed by atoms with E-state index in [-0.39, 0.29) is 18.5 Å². The van der Waals surface area contributed by atoms with Gasteiger partial charge < -0.3 is 19.7 Å². The van der Waals surface area contributed by atoms with Crippen molar-refractivity contribution in [2.24, 2.45) is 23.7 Å². The van der Waals surface area contributed by atoms with Crippen LogP contribution in [0.3, 0.4) is 0 Å². The Hall–Kier alpha value is -1.58. The first-order chi connectivity index (χ1) is 13.9. The molecule has 1 fully saturated rings. The lowest BCUT2D eigenvalue weighted by Crippen LogP contribution is -2.37. The van der Waals surface area contributed by atoms with E-state index >= 15 is 0 Å². The zero-order valence-electron chi connectivity index (χ0n) is 14.8. The molecular weight excluding hydrogens is 639 g/mol. The molecule has 2 N–H and O–H groups in total. The average Bonchev–Trinajstić information content (AvgIpc) is 3.26. The van der Waals surface area contributed by atoms with E-state index in [1.165, 1.54) is 0 Å². The van der Waals surface area contributed by atoms with Gasteiger partial charge in [0.1, 0.15) is 11.3 Å². The average molecular weight is 652 g/mol. The number of alkyl halides is 3. The molecule has 0 aromatic heterocycles. The summed E-state index contributed by atoms with van der Waals surface area (Å²) in [7, 11) is 0. The summed E-state index contributed by atoms with van der Waals surface area (Å²) in [6.45, 7) is -1.74. The van der Waals surface area contributed by atoms with Crippen LogP contribution < -0.4 is 4.74 Å². The monoisotopic (exact) mass is 652 g/mol. The molecule has 0 aliphatic heterocycles. The number of fused-ring (bicyclic) bond motifs is 2. The first-order valence-corrected chi connectivity index (χ1v) is 10.6. The Labute approximate surface area is 194 Å². The number of ether oxygens (including phenoxy) is 2. The van der Waals surface area contributed by atoms with Crippen LogP contribution in [0.1, 0.15) is 16.8 Å². The number of benzene rings is 1. The Bertz CT molecular complexity index is 945. The number of carboxylic acid groups (broad SMARTS) is 1. The molecule has 2 aliphatic rings. The van der Waals surface area contributed by atoms with Gasteiger partial charge in [0.15, 0.2) is 12.4 Å². The van der Waals surface area contributed by atoms with Gasteiger partial charge >= 0.3 is 24.1 Å². The van der Waals surface area contributed by atoms with Crippen LogP contribution >= 0.6 is 45.2 Å². The van der Waals surface area contributed by atoms with Crippen LogP contribution in [0.2, 0.25) is 0 Å². The molecule has 1 aromatic rings. The van der Waals surface area contributed by atoms with E-state index in [1.54, 1.807) is 57.3 Å². The van der Waals surface area contributed by atoms with Crippen molar-refractivity contribution in [2.45, 2.75) is 12.6 Å². The Morgan fingerprint density at radius 2 is 1.67 bits per heavy atom. The molecule has 0 saturated heterocycles. The van der Waals surface area contributed by atoms with Crippen LogP contribution in [0.15, 0.2) is 18.2 Å². The SMILES string of the molecule is O=C(O)c1cc(I)c(OC(=O)C2C3C=CC(C3)C2C(=O)OCC(F)(F)F)c(I)c1O. The molecule has 0 amide bonds. The number of rotatable bonds is 5. The first kappa shape index (κ1) is 23.1. The van der Waals surface area contributed by atoms with Crippen molar-refractivity contribution in [3.05, 3.63) is 30.9 Å². The maximum Gasteiger partial charge on any atom is 0.422 e. The second-order valence-electron chi connectivity index (χ2n) is 6.85. The van der Waals surface area contributed by atoms with Crippen LogP contribution in [0.25, 0.3) is 0 Å². The second-order valence-corrected chi connectivity index (χ2v) is 9.09. The summed E-state index contributed by atoms with van der Waals surface area (Å²) >= 11 is 3.36. The largest absolute Gasteiger partial charge is 0.506 e. The molecule has 1 aromatic carbocycles. The van der Waals surface area contributed by atoms with E-state index in [2.05, 4.69) is 4.74 Å². The van der Waals surface area contributed by atoms with E-state index in [9.17, 15) is 32.7 Å². The number of carboxylic acids is 1. The summed E-state index contributed by atoms with van der Waals surface area (Å²) < 4.78 is 47.2. The Morgan fingerprint density at radius 1 is 1.10 bits per heavy atom. The van der Waals surface area contributed by atoms with Crippen molar-refractivity contribution in [3.63, 3.8) is 0 Å². The third-order valence-electron chi connectivity index (χ3n) is 4.97. The summed E-state index contributed by atoms with van der Waals surface area (Å²) in [6, 6.07) is 1.12. The second kappa shape index (κ2) is 8.51. The maximum atomic E-state index is 12.9. The van der Waals surface area contributed by atoms with Crippen molar-refractivity contribution in [3.8, 4) is 11.5 Å². The fraction of sp³-hybridized carbons (Fsp3) is 0.389. The molecule has 1 saturated carbocycles. The summed E-state index contributed by atoms with van der Waals surface area (Å²) in [6.07, 6.45) is -0.891. The molecule has 3 rings (SSSR count). The highest BCUT2D eigenvalue weighted by Crippen LogP contribution is 2.49. The summed E-state index contributed by atoms with van der Waals surface area (Å²) in [5, 5.41) is 19.2. The normalized spacial score (nSPS) is 24.7. The minimum atomic E-state index is -4.69. The lowest BCUT2D eigenvalue weighted by atomic mass is 9.83. The fourth-order valence-electron chi connectivity index (χ4n) is 3.73. The molecule has 7 nitrogen and oxygen atoms in total. The molecule has 2 bridgehead atoms. The summed E-state index contributed by atoms with van der Waals surface area (Å²) in [5.41, 5.74) is -0.375. The van der Waals surface area contributed by atoms with E-state index in [0.29, 0.717) is 6.42 Å². The van der Waals surface area contributed by atoms with Gasteiger partial charge in [-0.15, -0.1) is 0 Å². The van der Waals surface area contributed by atoms with Gasteiger partial charge in [0.05, 0.1) is 19.0 Å². The number of carbonyl (C=O) groups excluding carboxylic acids is 2. The van der Waals surface area contributed by atoms with Gasteiger partial charge in [-0.25, -0.2) is 4.79 Å². The summed E-state index contributed by atoms with van der Waals surface area (Å²) in [5.74, 6) is -7.02. The highest BCUT2D eigenvalue weighted by atomic mass is 127. The predicted octanol–water partition coefficient (Wildman–Crippen LogP) is 3.75. The molecule has 30 heavy (non-hydrogen) atoms. The van der Waals surface area contributed by atoms with E-state index in [1.807, 2.05) is 0 Å². The van der Waals surface area contributed by atoms with Crippen molar-refractivity contribution in [1.82, 2.24) is 0 Å². The Morgan fingerprint density at radius 3 is 2.20 bits per heavy atom. The molecule has 4 atom stereocenters. The summed E-state index contributed by atoms with van der Waals surface area (Å²) in [4.78, 5) is 36.3. The van der Waals surface area contributed by atoms with Crippen molar-refractivity contribution in [2.75, 3.05) is 6.61 Å². The molecule has 0 radical (unpaired) electrons. The van der Waals surface area contributed by atoms with Gasteiger partial charge in [-0.2, -0.15) is 13.2 Å². The predicted molar refractivity (Wildman–Crippen MR) is 111 cm³/mol. The fourth-order valence-corrected chi connectivity index (χ4v) is 5.63. The van der Waals surface area contributed by atoms with Gasteiger partial charge in [-0.05, 0) is 69.5 Å². The zero-order chi connectivity index (χ0) is 22.4. The highest BCUT2D eigenvalue weighted by Gasteiger charge is 2.53. The quantitative estimate of drug-likeness (QED) is 0.216. The van der Waals surface area contributed by atoms with Gasteiger partial charge in [0.25, 0.3) is 0 Å². The van der Waals surface area contributed by atoms with Crippen LogP contribution in [0, 0.1) is 30.8 Å². The molecule has 12 heteroatoms. The number of halogens is 5. The maximum absolute atomic E-state index is 12.9. The lowest BCUT2D eigenvalue weighted by Gasteiger charge is -2.25. The third kappa shape index (κ3) is 4.53. The van der Waals surface area contributed by atoms with Crippen molar-refractivity contribution >= 4 is 63.1 Å². The minimum absolute atomic E-state index is 0.0138. The van der Waals surface area contributed by atoms with E-state index in [0.717, 1.165) is 6.07 Å². The number of carbonyl (C=O) groups is 3. The molecule has 2 aliphatic carbocycles. The molecule has 4 unspecified atom stereocenters. The minimum Gasteiger partial charge on any atom is -0.506 e. The van der Waals surface area contributed by atoms with Crippen molar-refractivity contribution < 1.29 is 47.2 Å². The van der Waals surface area contributed by atoms with Crippen LogP contribution in [-0.2, 0) is 14.3 Å². The zero-order valence-corrected chi connectivity index (χ0v) is 19.1. The number of aromatic carboxylic acids is 1. The number of aromatic hydroxyl groups is 1. The van der Waals surface area contributed by atoms with Gasteiger partial charge in [0.2, 0.25) is 0 Å². The van der Waals surface area contributed by atoms with Crippen LogP contribution in [0.5, 0.6) is 11.5 Å². The van der Waals surface area contributed by atoms with Gasteiger partial charge in [-0.1, -0.05) is 12.2 Å². The highest BCUT2D eigenvalue weighted by molar-refractivity contribution is 14.1. The molecule has 0 heterocycles. The van der Waals surface area contributed by atoms with Gasteiger partial charge in [0, 0.05) is 0 Å². The lowest BCUT2D eigenvalue weighted by molar-refractivity contribution is -0.191. The number of phenols is 1. The first-order valence-electron chi connectivity index (χ1n) is 8.48. The Kier molecular flexibility index (Phi) is 6.55. The van der Waals surface area contributed by atoms with Gasteiger partial charge in [-0.3, -0.25) is 9.59 Å². The number of hydrogen-bond donors (Lipinski definition) is 2. The van der Waals surface area contributed by atoms with E-state index < -0.39 is 60.1 Å². The van der Waals surface area contributed by atoms with Crippen molar-refractivity contribution in [1.29, 1.82) is 0 Å². The van der Waals surface area contributed by atoms with Crippen LogP contribution in [0.4, 0.5) is 13.2 Å². The molecule has 0 spiro atoms. The Balaban J connectivity index is 1.84. The topological polar surface area (TPSA) is 110 Å². The smallest absolute Gasteiger partial charge is 0.422 e. The molecular formula is C18H13F3I2O7. The molecule has 162 valence electrons. The third-order valence-corrected chi connectivity index (χ3v) is 6.77. The number of hydrogen-bond acceptors (Lipinski definition) is 6. The van der Waals surface area contributed by atoms with Crippen LogP contribution in [-0.4, -0.2) is 40.9 Å². The van der Waals surface area contributed by atoms with E-state index in [4.69, 9.17) is 9.84 Å². The number of esters is 2. The number of allylic oxidation sites excluding steroid dienone is 2. The standard InChI is InChI=1S/C18H13F3I2O7/c19-18(20,21)5-29-16(27)10-6-1-2-7(3-6)11(10)17(28)30-14-9(22)4-8(15(25)26)13(24)12(14)23/h1-2,4,6-7,10-11,24H,3,5H2,(H,25,26).